The summed E-state index contributed by atoms with van der Waals surface area (Å²) in [6.45, 7) is 3.46. The van der Waals surface area contributed by atoms with Crippen LogP contribution in [0, 0.1) is 5.92 Å². The number of carboxylic acids is 1. The Morgan fingerprint density at radius 2 is 2.11 bits per heavy atom. The van der Waals surface area contributed by atoms with Crippen LogP contribution < -0.4 is 16.2 Å². The Bertz CT molecular complexity index is 422. The number of aliphatic carboxylic acids is 1. The van der Waals surface area contributed by atoms with Crippen molar-refractivity contribution in [1.82, 2.24) is 15.7 Å². The molecule has 0 radical (unpaired) electrons. The van der Waals surface area contributed by atoms with Crippen LogP contribution in [0.5, 0.6) is 0 Å². The van der Waals surface area contributed by atoms with Crippen molar-refractivity contribution in [3.05, 3.63) is 24.4 Å². The molecule has 7 nitrogen and oxygen atoms in total. The van der Waals surface area contributed by atoms with E-state index in [0.717, 1.165) is 0 Å². The van der Waals surface area contributed by atoms with Gasteiger partial charge in [-0.2, -0.15) is 0 Å². The van der Waals surface area contributed by atoms with E-state index in [9.17, 15) is 9.59 Å². The molecule has 7 heteroatoms. The van der Waals surface area contributed by atoms with E-state index in [-0.39, 0.29) is 18.4 Å². The normalized spacial score (nSPS) is 11.9. The van der Waals surface area contributed by atoms with Crippen LogP contribution in [-0.2, 0) is 9.59 Å². The summed E-state index contributed by atoms with van der Waals surface area (Å²) >= 11 is 0. The molecule has 0 fully saturated rings. The van der Waals surface area contributed by atoms with Gasteiger partial charge in [-0.15, -0.1) is 0 Å². The molecule has 0 aliphatic heterocycles. The predicted molar refractivity (Wildman–Crippen MR) is 70.3 cm³/mol. The van der Waals surface area contributed by atoms with Gasteiger partial charge in [-0.25, -0.2) is 4.98 Å². The molecule has 0 spiro atoms. The molecule has 1 unspecified atom stereocenters. The van der Waals surface area contributed by atoms with E-state index >= 15 is 0 Å². The first-order valence-electron chi connectivity index (χ1n) is 5.92. The van der Waals surface area contributed by atoms with E-state index in [1.807, 2.05) is 0 Å². The lowest BCUT2D eigenvalue weighted by molar-refractivity contribution is -0.140. The summed E-state index contributed by atoms with van der Waals surface area (Å²) in [7, 11) is 0. The van der Waals surface area contributed by atoms with Gasteiger partial charge in [0.1, 0.15) is 11.9 Å². The fourth-order valence-electron chi connectivity index (χ4n) is 1.43. The van der Waals surface area contributed by atoms with Crippen molar-refractivity contribution in [3.63, 3.8) is 0 Å². The second kappa shape index (κ2) is 7.32. The minimum atomic E-state index is -0.972. The van der Waals surface area contributed by atoms with Crippen LogP contribution >= 0.6 is 0 Å². The standard InChI is InChI=1S/C12H18N4O3/c1-8(2)11(12(18)19)14-7-10(17)16-15-9-5-3-4-6-13-9/h3-6,8,11,14H,7H2,1-2H3,(H,13,15)(H,16,17)(H,18,19). The number of hydrogen-bond donors (Lipinski definition) is 4. The fourth-order valence-corrected chi connectivity index (χ4v) is 1.43. The van der Waals surface area contributed by atoms with Crippen molar-refractivity contribution in [2.75, 3.05) is 12.0 Å². The lowest BCUT2D eigenvalue weighted by Crippen LogP contribution is -2.46. The van der Waals surface area contributed by atoms with Gasteiger partial charge in [0, 0.05) is 6.20 Å². The van der Waals surface area contributed by atoms with E-state index in [1.165, 1.54) is 0 Å². The number of pyridine rings is 1. The predicted octanol–water partition coefficient (Wildman–Crippen LogP) is 0.223. The van der Waals surface area contributed by atoms with Crippen LogP contribution in [0.1, 0.15) is 13.8 Å². The van der Waals surface area contributed by atoms with Crippen molar-refractivity contribution >= 4 is 17.7 Å². The highest BCUT2D eigenvalue weighted by Crippen LogP contribution is 2.01. The zero-order valence-electron chi connectivity index (χ0n) is 10.9. The Morgan fingerprint density at radius 3 is 2.63 bits per heavy atom. The maximum atomic E-state index is 11.5. The van der Waals surface area contributed by atoms with Crippen molar-refractivity contribution in [1.29, 1.82) is 0 Å². The molecular weight excluding hydrogens is 248 g/mol. The van der Waals surface area contributed by atoms with Gasteiger partial charge in [-0.05, 0) is 18.1 Å². The molecule has 1 aromatic rings. The summed E-state index contributed by atoms with van der Waals surface area (Å²) in [6.07, 6.45) is 1.59. The minimum absolute atomic E-state index is 0.0883. The molecule has 0 aromatic carbocycles. The Hall–Kier alpha value is -2.15. The molecule has 1 amide bonds. The monoisotopic (exact) mass is 266 g/mol. The Labute approximate surface area is 111 Å². The van der Waals surface area contributed by atoms with E-state index in [2.05, 4.69) is 21.2 Å². The summed E-state index contributed by atoms with van der Waals surface area (Å²) in [5.74, 6) is -0.929. The minimum Gasteiger partial charge on any atom is -0.480 e. The van der Waals surface area contributed by atoms with Gasteiger partial charge in [-0.3, -0.25) is 25.8 Å². The molecule has 1 rings (SSSR count). The van der Waals surface area contributed by atoms with Gasteiger partial charge < -0.3 is 5.11 Å². The van der Waals surface area contributed by atoms with Gasteiger partial charge in [-0.1, -0.05) is 19.9 Å². The molecule has 1 aromatic heterocycles. The zero-order chi connectivity index (χ0) is 14.3. The molecular formula is C12H18N4O3. The van der Waals surface area contributed by atoms with Crippen LogP contribution in [0.3, 0.4) is 0 Å². The molecule has 0 aliphatic carbocycles. The zero-order valence-corrected chi connectivity index (χ0v) is 10.9. The maximum Gasteiger partial charge on any atom is 0.320 e. The third-order valence-corrected chi connectivity index (χ3v) is 2.41. The lowest BCUT2D eigenvalue weighted by atomic mass is 10.1. The number of aromatic nitrogens is 1. The van der Waals surface area contributed by atoms with Crippen molar-refractivity contribution in [3.8, 4) is 0 Å². The first-order valence-corrected chi connectivity index (χ1v) is 5.92. The number of carboxylic acid groups (broad SMARTS) is 1. The highest BCUT2D eigenvalue weighted by molar-refractivity contribution is 5.80. The molecule has 1 atom stereocenters. The Balaban J connectivity index is 2.33. The largest absolute Gasteiger partial charge is 0.480 e. The summed E-state index contributed by atoms with van der Waals surface area (Å²) in [5, 5.41) is 11.6. The van der Waals surface area contributed by atoms with Crippen LogP contribution in [0.25, 0.3) is 0 Å². The first-order chi connectivity index (χ1) is 9.00. The number of rotatable bonds is 7. The van der Waals surface area contributed by atoms with Crippen molar-refractivity contribution in [2.45, 2.75) is 19.9 Å². The SMILES string of the molecule is CC(C)C(NCC(=O)NNc1ccccn1)C(=O)O. The van der Waals surface area contributed by atoms with Gasteiger partial charge in [0.2, 0.25) is 0 Å². The molecule has 0 aliphatic rings. The number of hydrogen-bond acceptors (Lipinski definition) is 5. The first kappa shape index (κ1) is 14.9. The molecule has 0 saturated heterocycles. The van der Waals surface area contributed by atoms with Gasteiger partial charge in [0.15, 0.2) is 0 Å². The number of nitrogens with one attached hydrogen (secondary N) is 3. The third kappa shape index (κ3) is 5.35. The van der Waals surface area contributed by atoms with Crippen LogP contribution in [0.15, 0.2) is 24.4 Å². The molecule has 4 N–H and O–H groups in total. The Kier molecular flexibility index (Phi) is 5.74. The maximum absolute atomic E-state index is 11.5. The third-order valence-electron chi connectivity index (χ3n) is 2.41. The highest BCUT2D eigenvalue weighted by atomic mass is 16.4. The molecule has 1 heterocycles. The second-order valence-corrected chi connectivity index (χ2v) is 4.33. The Morgan fingerprint density at radius 1 is 1.37 bits per heavy atom. The molecule has 0 bridgehead atoms. The van der Waals surface area contributed by atoms with Crippen molar-refractivity contribution < 1.29 is 14.7 Å². The van der Waals surface area contributed by atoms with Crippen LogP contribution in [0.4, 0.5) is 5.82 Å². The van der Waals surface area contributed by atoms with E-state index in [0.29, 0.717) is 5.82 Å². The van der Waals surface area contributed by atoms with Gasteiger partial charge in [0.25, 0.3) is 5.91 Å². The van der Waals surface area contributed by atoms with Crippen LogP contribution in [-0.4, -0.2) is 34.6 Å². The quantitative estimate of drug-likeness (QED) is 0.527. The summed E-state index contributed by atoms with van der Waals surface area (Å²) in [4.78, 5) is 26.4. The number of carbonyl (C=O) groups excluding carboxylic acids is 1. The fraction of sp³-hybridized carbons (Fsp3) is 0.417. The number of anilines is 1. The highest BCUT2D eigenvalue weighted by Gasteiger charge is 2.21. The molecule has 104 valence electrons. The summed E-state index contributed by atoms with van der Waals surface area (Å²) in [5.41, 5.74) is 5.05. The average molecular weight is 266 g/mol. The van der Waals surface area contributed by atoms with Crippen molar-refractivity contribution in [2.24, 2.45) is 5.92 Å². The molecule has 19 heavy (non-hydrogen) atoms. The van der Waals surface area contributed by atoms with Gasteiger partial charge in [0.05, 0.1) is 6.54 Å². The lowest BCUT2D eigenvalue weighted by Gasteiger charge is -2.17. The van der Waals surface area contributed by atoms with E-state index in [1.54, 1.807) is 38.2 Å². The number of amides is 1. The number of carbonyl (C=O) groups is 2. The average Bonchev–Trinajstić information content (AvgIpc) is 2.37. The van der Waals surface area contributed by atoms with Gasteiger partial charge >= 0.3 is 5.97 Å². The summed E-state index contributed by atoms with van der Waals surface area (Å²) < 4.78 is 0. The topological polar surface area (TPSA) is 103 Å². The number of nitrogens with zero attached hydrogens (tertiary/aromatic N) is 1. The molecule has 0 saturated carbocycles. The van der Waals surface area contributed by atoms with E-state index in [4.69, 9.17) is 5.11 Å². The van der Waals surface area contributed by atoms with E-state index < -0.39 is 12.0 Å². The number of hydrazine groups is 1. The summed E-state index contributed by atoms with van der Waals surface area (Å²) in [6, 6.07) is 4.48. The van der Waals surface area contributed by atoms with Crippen LogP contribution in [0.2, 0.25) is 0 Å². The second-order valence-electron chi connectivity index (χ2n) is 4.33. The smallest absolute Gasteiger partial charge is 0.320 e.